The molecule has 0 aliphatic heterocycles. The molecule has 1 aromatic carbocycles. The van der Waals surface area contributed by atoms with E-state index in [2.05, 4.69) is 5.32 Å². The van der Waals surface area contributed by atoms with Crippen LogP contribution in [0.2, 0.25) is 0 Å². The number of benzene rings is 1. The molecule has 0 radical (unpaired) electrons. The van der Waals surface area contributed by atoms with Crippen molar-refractivity contribution in [2.45, 2.75) is 63.0 Å². The molecule has 4 bridgehead atoms. The third-order valence-electron chi connectivity index (χ3n) is 7.02. The molecule has 152 valence electrons. The van der Waals surface area contributed by atoms with Gasteiger partial charge in [-0.25, -0.2) is 4.79 Å². The van der Waals surface area contributed by atoms with Gasteiger partial charge in [0, 0.05) is 6.04 Å². The van der Waals surface area contributed by atoms with E-state index >= 15 is 0 Å². The summed E-state index contributed by atoms with van der Waals surface area (Å²) in [4.78, 5) is 23.9. The van der Waals surface area contributed by atoms with Gasteiger partial charge in [0.1, 0.15) is 5.75 Å². The highest BCUT2D eigenvalue weighted by Gasteiger charge is 2.55. The summed E-state index contributed by atoms with van der Waals surface area (Å²) in [6.45, 7) is 3.34. The largest absolute Gasteiger partial charge is 0.482 e. The Bertz CT molecular complexity index is 773. The maximum atomic E-state index is 13.2. The Morgan fingerprint density at radius 3 is 2.50 bits per heavy atom. The van der Waals surface area contributed by atoms with Crippen LogP contribution in [0.4, 0.5) is 0 Å². The molecular weight excluding hydrogens is 358 g/mol. The van der Waals surface area contributed by atoms with Gasteiger partial charge in [-0.1, -0.05) is 12.1 Å². The zero-order valence-corrected chi connectivity index (χ0v) is 16.5. The fourth-order valence-corrected chi connectivity index (χ4v) is 5.80. The Labute approximate surface area is 165 Å². The van der Waals surface area contributed by atoms with Crippen LogP contribution >= 0.6 is 0 Å². The number of amides is 1. The van der Waals surface area contributed by atoms with Gasteiger partial charge in [-0.05, 0) is 81.4 Å². The van der Waals surface area contributed by atoms with Crippen LogP contribution in [0.5, 0.6) is 5.75 Å². The molecule has 0 aromatic heterocycles. The summed E-state index contributed by atoms with van der Waals surface area (Å²) in [5.41, 5.74) is -0.493. The van der Waals surface area contributed by atoms with Gasteiger partial charge < -0.3 is 20.3 Å². The van der Waals surface area contributed by atoms with Gasteiger partial charge in [-0.3, -0.25) is 4.79 Å². The highest BCUT2D eigenvalue weighted by molar-refractivity contribution is 5.87. The maximum absolute atomic E-state index is 13.2. The molecular formula is C22H29NO5. The molecule has 4 aliphatic carbocycles. The van der Waals surface area contributed by atoms with Crippen molar-refractivity contribution in [1.82, 2.24) is 5.32 Å². The number of rotatable bonds is 6. The molecule has 6 heteroatoms. The topological polar surface area (TPSA) is 95.9 Å². The van der Waals surface area contributed by atoms with Crippen LogP contribution < -0.4 is 10.1 Å². The van der Waals surface area contributed by atoms with E-state index in [0.29, 0.717) is 23.5 Å². The minimum atomic E-state index is -1.04. The molecule has 0 spiro atoms. The Morgan fingerprint density at radius 1 is 1.21 bits per heavy atom. The van der Waals surface area contributed by atoms with E-state index in [1.807, 2.05) is 19.9 Å². The minimum Gasteiger partial charge on any atom is -0.482 e. The van der Waals surface area contributed by atoms with Gasteiger partial charge in [-0.2, -0.15) is 0 Å². The molecule has 0 saturated heterocycles. The number of nitrogens with one attached hydrogen (secondary N) is 1. The first-order valence-corrected chi connectivity index (χ1v) is 10.1. The molecule has 2 atom stereocenters. The standard InChI is InChI=1S/C22H29NO5/c1-21(2,16-4-3-5-17(8-16)28-12-18(24)25)20(26)23-19-14-6-13-7-15(19)11-22(27,9-13)10-14/h3-5,8,13-15,19,27H,6-7,9-12H2,1-2H3,(H,23,26)(H,24,25)/t13-,14-,15-,19+,22-/m1/s1. The second-order valence-electron chi connectivity index (χ2n) is 9.53. The Hall–Kier alpha value is -2.08. The van der Waals surface area contributed by atoms with Gasteiger partial charge in [0.15, 0.2) is 6.61 Å². The summed E-state index contributed by atoms with van der Waals surface area (Å²) in [5.74, 6) is 0.699. The normalized spacial score (nSPS) is 33.5. The van der Waals surface area contributed by atoms with Gasteiger partial charge in [-0.15, -0.1) is 0 Å². The summed E-state index contributed by atoms with van der Waals surface area (Å²) < 4.78 is 5.26. The summed E-state index contributed by atoms with van der Waals surface area (Å²) in [6.07, 6.45) is 4.72. The van der Waals surface area contributed by atoms with Crippen LogP contribution in [0.25, 0.3) is 0 Å². The quantitative estimate of drug-likeness (QED) is 0.697. The number of aliphatic hydroxyl groups is 1. The lowest BCUT2D eigenvalue weighted by Crippen LogP contribution is -2.62. The lowest BCUT2D eigenvalue weighted by molar-refractivity contribution is -0.148. The lowest BCUT2D eigenvalue weighted by atomic mass is 9.52. The molecule has 4 aliphatic rings. The SMILES string of the molecule is CC(C)(C(=O)N[C@H]1[C@@H]2C[C@@H]3C[C@@H]1C[C@](O)(C2)C3)c1cccc(OCC(=O)O)c1. The molecule has 1 aromatic rings. The summed E-state index contributed by atoms with van der Waals surface area (Å²) in [6, 6.07) is 7.21. The van der Waals surface area contributed by atoms with Crippen LogP contribution in [-0.4, -0.2) is 40.3 Å². The summed E-state index contributed by atoms with van der Waals surface area (Å²) in [5, 5.41) is 22.8. The fraction of sp³-hybridized carbons (Fsp3) is 0.636. The van der Waals surface area contributed by atoms with Crippen molar-refractivity contribution in [3.8, 4) is 5.75 Å². The van der Waals surface area contributed by atoms with Crippen molar-refractivity contribution in [2.24, 2.45) is 17.8 Å². The molecule has 6 nitrogen and oxygen atoms in total. The number of ether oxygens (including phenoxy) is 1. The molecule has 1 amide bonds. The second kappa shape index (κ2) is 6.76. The Kier molecular flexibility index (Phi) is 4.65. The van der Waals surface area contributed by atoms with Crippen molar-refractivity contribution in [2.75, 3.05) is 6.61 Å². The third kappa shape index (κ3) is 3.50. The summed E-state index contributed by atoms with van der Waals surface area (Å²) >= 11 is 0. The molecule has 4 saturated carbocycles. The predicted octanol–water partition coefficient (Wildman–Crippen LogP) is 2.48. The van der Waals surface area contributed by atoms with E-state index in [1.54, 1.807) is 18.2 Å². The number of hydrogen-bond donors (Lipinski definition) is 3. The van der Waals surface area contributed by atoms with Gasteiger partial charge >= 0.3 is 5.97 Å². The first kappa shape index (κ1) is 19.2. The highest BCUT2D eigenvalue weighted by atomic mass is 16.5. The smallest absolute Gasteiger partial charge is 0.341 e. The van der Waals surface area contributed by atoms with Gasteiger partial charge in [0.2, 0.25) is 5.91 Å². The first-order chi connectivity index (χ1) is 13.2. The predicted molar refractivity (Wildman–Crippen MR) is 103 cm³/mol. The Balaban J connectivity index is 1.47. The highest BCUT2D eigenvalue weighted by Crippen LogP contribution is 2.55. The number of carbonyl (C=O) groups is 2. The number of hydrogen-bond acceptors (Lipinski definition) is 4. The molecule has 28 heavy (non-hydrogen) atoms. The summed E-state index contributed by atoms with van der Waals surface area (Å²) in [7, 11) is 0. The zero-order chi connectivity index (χ0) is 20.1. The van der Waals surface area contributed by atoms with E-state index in [-0.39, 0.29) is 11.9 Å². The minimum absolute atomic E-state index is 0.0349. The average molecular weight is 387 g/mol. The molecule has 5 rings (SSSR count). The van der Waals surface area contributed by atoms with E-state index in [9.17, 15) is 14.7 Å². The van der Waals surface area contributed by atoms with E-state index in [1.165, 1.54) is 0 Å². The van der Waals surface area contributed by atoms with Crippen LogP contribution in [0.1, 0.15) is 51.5 Å². The van der Waals surface area contributed by atoms with E-state index in [4.69, 9.17) is 9.84 Å². The number of carboxylic acid groups (broad SMARTS) is 1. The Morgan fingerprint density at radius 2 is 1.89 bits per heavy atom. The number of carboxylic acids is 1. The van der Waals surface area contributed by atoms with Gasteiger partial charge in [0.05, 0.1) is 11.0 Å². The second-order valence-corrected chi connectivity index (χ2v) is 9.53. The number of carbonyl (C=O) groups excluding carboxylic acids is 1. The van der Waals surface area contributed by atoms with Crippen molar-refractivity contribution < 1.29 is 24.5 Å². The van der Waals surface area contributed by atoms with E-state index in [0.717, 1.165) is 37.7 Å². The van der Waals surface area contributed by atoms with Crippen molar-refractivity contribution >= 4 is 11.9 Å². The van der Waals surface area contributed by atoms with Crippen LogP contribution in [0.15, 0.2) is 24.3 Å². The monoisotopic (exact) mass is 387 g/mol. The van der Waals surface area contributed by atoms with Crippen LogP contribution in [0.3, 0.4) is 0 Å². The van der Waals surface area contributed by atoms with Crippen molar-refractivity contribution in [1.29, 1.82) is 0 Å². The third-order valence-corrected chi connectivity index (χ3v) is 7.02. The molecule has 3 N–H and O–H groups in total. The molecule has 0 heterocycles. The molecule has 4 fully saturated rings. The maximum Gasteiger partial charge on any atom is 0.341 e. The first-order valence-electron chi connectivity index (χ1n) is 10.1. The zero-order valence-electron chi connectivity index (χ0n) is 16.5. The average Bonchev–Trinajstić information content (AvgIpc) is 2.61. The molecule has 0 unspecified atom stereocenters. The van der Waals surface area contributed by atoms with E-state index < -0.39 is 23.6 Å². The van der Waals surface area contributed by atoms with Gasteiger partial charge in [0.25, 0.3) is 0 Å². The fourth-order valence-electron chi connectivity index (χ4n) is 5.80. The lowest BCUT2D eigenvalue weighted by Gasteiger charge is -2.58. The van der Waals surface area contributed by atoms with Crippen molar-refractivity contribution in [3.63, 3.8) is 0 Å². The number of aliphatic carboxylic acids is 1. The van der Waals surface area contributed by atoms with Crippen LogP contribution in [0, 0.1) is 17.8 Å². The van der Waals surface area contributed by atoms with Crippen LogP contribution in [-0.2, 0) is 15.0 Å². The van der Waals surface area contributed by atoms with Crippen molar-refractivity contribution in [3.05, 3.63) is 29.8 Å².